The molecule has 0 fully saturated rings. The van der Waals surface area contributed by atoms with Gasteiger partial charge in [0.05, 0.1) is 15.6 Å². The number of benzene rings is 2. The van der Waals surface area contributed by atoms with Crippen LogP contribution in [0.5, 0.6) is 0 Å². The minimum atomic E-state index is -0.320. The number of anilines is 2. The third kappa shape index (κ3) is 4.62. The summed E-state index contributed by atoms with van der Waals surface area (Å²) >= 11 is 7.50. The molecule has 2 aromatic carbocycles. The molecule has 2 heterocycles. The number of amides is 2. The Hall–Kier alpha value is -3.22. The number of aryl methyl sites for hydroxylation is 1. The van der Waals surface area contributed by atoms with Crippen LogP contribution < -0.4 is 10.6 Å². The van der Waals surface area contributed by atoms with E-state index in [4.69, 9.17) is 16.6 Å². The van der Waals surface area contributed by atoms with Gasteiger partial charge in [0.1, 0.15) is 0 Å². The summed E-state index contributed by atoms with van der Waals surface area (Å²) in [5.74, 6) is 0. The lowest BCUT2D eigenvalue weighted by Gasteiger charge is -2.09. The molecule has 5 nitrogen and oxygen atoms in total. The first-order valence-corrected chi connectivity index (χ1v) is 10.1. The lowest BCUT2D eigenvalue weighted by Crippen LogP contribution is -2.19. The van der Waals surface area contributed by atoms with Crippen molar-refractivity contribution in [2.75, 3.05) is 10.6 Å². The standard InChI is InChI=1S/C22H17ClN4OS/c1-14-25-20(15-9-11-24-12-10-15)21(29-14)16-3-2-4-19(13-16)27-22(28)26-18-7-5-17(23)6-8-18/h2-13H,1H3,(H2,26,27,28). The van der Waals surface area contributed by atoms with Gasteiger partial charge in [0.25, 0.3) is 0 Å². The number of rotatable bonds is 4. The Bertz CT molecular complexity index is 1140. The van der Waals surface area contributed by atoms with Crippen LogP contribution in [0.4, 0.5) is 16.2 Å². The van der Waals surface area contributed by atoms with Crippen LogP contribution in [-0.4, -0.2) is 16.0 Å². The Morgan fingerprint density at radius 1 is 0.931 bits per heavy atom. The molecule has 0 aliphatic heterocycles. The van der Waals surface area contributed by atoms with Crippen LogP contribution in [0.25, 0.3) is 21.7 Å². The molecule has 4 aromatic rings. The van der Waals surface area contributed by atoms with E-state index < -0.39 is 0 Å². The molecular weight excluding hydrogens is 404 g/mol. The normalized spacial score (nSPS) is 10.6. The van der Waals surface area contributed by atoms with Crippen molar-refractivity contribution in [3.63, 3.8) is 0 Å². The van der Waals surface area contributed by atoms with Gasteiger partial charge in [0, 0.05) is 34.4 Å². The quantitative estimate of drug-likeness (QED) is 0.397. The van der Waals surface area contributed by atoms with Gasteiger partial charge in [-0.25, -0.2) is 9.78 Å². The van der Waals surface area contributed by atoms with Crippen molar-refractivity contribution in [2.24, 2.45) is 0 Å². The number of thiazole rings is 1. The molecule has 2 N–H and O–H groups in total. The second-order valence-electron chi connectivity index (χ2n) is 6.31. The number of hydrogen-bond donors (Lipinski definition) is 2. The van der Waals surface area contributed by atoms with Crippen molar-refractivity contribution in [2.45, 2.75) is 6.92 Å². The summed E-state index contributed by atoms with van der Waals surface area (Å²) in [4.78, 5) is 22.2. The van der Waals surface area contributed by atoms with Crippen LogP contribution in [0, 0.1) is 6.92 Å². The van der Waals surface area contributed by atoms with E-state index in [9.17, 15) is 4.79 Å². The fraction of sp³-hybridized carbons (Fsp3) is 0.0455. The number of urea groups is 1. The smallest absolute Gasteiger partial charge is 0.308 e. The lowest BCUT2D eigenvalue weighted by molar-refractivity contribution is 0.262. The number of nitrogens with zero attached hydrogens (tertiary/aromatic N) is 2. The van der Waals surface area contributed by atoms with Crippen molar-refractivity contribution >= 4 is 40.3 Å². The van der Waals surface area contributed by atoms with Crippen LogP contribution in [0.1, 0.15) is 5.01 Å². The third-order valence-electron chi connectivity index (χ3n) is 4.17. The van der Waals surface area contributed by atoms with Gasteiger partial charge in [0.15, 0.2) is 0 Å². The Morgan fingerprint density at radius 2 is 1.66 bits per heavy atom. The van der Waals surface area contributed by atoms with Gasteiger partial charge >= 0.3 is 6.03 Å². The molecule has 0 unspecified atom stereocenters. The van der Waals surface area contributed by atoms with Crippen LogP contribution in [-0.2, 0) is 0 Å². The fourth-order valence-electron chi connectivity index (χ4n) is 2.89. The van der Waals surface area contributed by atoms with Gasteiger partial charge in [-0.15, -0.1) is 11.3 Å². The van der Waals surface area contributed by atoms with Crippen LogP contribution in [0.3, 0.4) is 0 Å². The van der Waals surface area contributed by atoms with Gasteiger partial charge in [-0.05, 0) is 61.0 Å². The van der Waals surface area contributed by atoms with Crippen molar-refractivity contribution in [1.82, 2.24) is 9.97 Å². The molecule has 0 spiro atoms. The molecule has 29 heavy (non-hydrogen) atoms. The Morgan fingerprint density at radius 3 is 2.41 bits per heavy atom. The van der Waals surface area contributed by atoms with Crippen molar-refractivity contribution in [3.05, 3.63) is 83.1 Å². The number of pyridine rings is 1. The molecule has 0 saturated heterocycles. The van der Waals surface area contributed by atoms with E-state index in [1.165, 1.54) is 0 Å². The maximum absolute atomic E-state index is 12.3. The monoisotopic (exact) mass is 420 g/mol. The molecule has 0 aliphatic carbocycles. The van der Waals surface area contributed by atoms with Crippen LogP contribution in [0.2, 0.25) is 5.02 Å². The Labute approximate surface area is 177 Å². The van der Waals surface area contributed by atoms with Crippen molar-refractivity contribution < 1.29 is 4.79 Å². The maximum Gasteiger partial charge on any atom is 0.323 e. The Kier molecular flexibility index (Phi) is 5.55. The Balaban J connectivity index is 1.57. The summed E-state index contributed by atoms with van der Waals surface area (Å²) in [5, 5.41) is 7.26. The highest BCUT2D eigenvalue weighted by atomic mass is 35.5. The first-order valence-electron chi connectivity index (χ1n) is 8.90. The number of halogens is 1. The fourth-order valence-corrected chi connectivity index (χ4v) is 3.96. The predicted molar refractivity (Wildman–Crippen MR) is 120 cm³/mol. The molecular formula is C22H17ClN4OS. The second kappa shape index (κ2) is 8.43. The number of carbonyl (C=O) groups is 1. The molecule has 0 aliphatic rings. The first-order chi connectivity index (χ1) is 14.1. The van der Waals surface area contributed by atoms with Gasteiger partial charge in [-0.3, -0.25) is 4.98 Å². The number of nitrogens with one attached hydrogen (secondary N) is 2. The van der Waals surface area contributed by atoms with E-state index >= 15 is 0 Å². The number of carbonyl (C=O) groups excluding carboxylic acids is 1. The summed E-state index contributed by atoms with van der Waals surface area (Å²) in [7, 11) is 0. The second-order valence-corrected chi connectivity index (χ2v) is 7.95. The summed E-state index contributed by atoms with van der Waals surface area (Å²) in [6, 6.07) is 18.2. The predicted octanol–water partition coefficient (Wildman–Crippen LogP) is 6.48. The van der Waals surface area contributed by atoms with E-state index in [-0.39, 0.29) is 6.03 Å². The zero-order valence-corrected chi connectivity index (χ0v) is 17.1. The van der Waals surface area contributed by atoms with E-state index in [0.29, 0.717) is 16.4 Å². The lowest BCUT2D eigenvalue weighted by atomic mass is 10.1. The summed E-state index contributed by atoms with van der Waals surface area (Å²) < 4.78 is 0. The molecule has 4 rings (SSSR count). The topological polar surface area (TPSA) is 66.9 Å². The SMILES string of the molecule is Cc1nc(-c2ccncc2)c(-c2cccc(NC(=O)Nc3ccc(Cl)cc3)c2)s1. The zero-order chi connectivity index (χ0) is 20.2. The van der Waals surface area contributed by atoms with Gasteiger partial charge in [-0.1, -0.05) is 23.7 Å². The molecule has 7 heteroatoms. The molecule has 0 saturated carbocycles. The number of aromatic nitrogens is 2. The minimum Gasteiger partial charge on any atom is -0.308 e. The van der Waals surface area contributed by atoms with E-state index in [1.807, 2.05) is 43.3 Å². The maximum atomic E-state index is 12.3. The molecule has 144 valence electrons. The average Bonchev–Trinajstić information content (AvgIpc) is 3.12. The minimum absolute atomic E-state index is 0.320. The highest BCUT2D eigenvalue weighted by molar-refractivity contribution is 7.15. The van der Waals surface area contributed by atoms with Gasteiger partial charge in [0.2, 0.25) is 0 Å². The largest absolute Gasteiger partial charge is 0.323 e. The molecule has 0 bridgehead atoms. The van der Waals surface area contributed by atoms with Gasteiger partial charge in [-0.2, -0.15) is 0 Å². The van der Waals surface area contributed by atoms with E-state index in [1.54, 1.807) is 48.0 Å². The number of hydrogen-bond acceptors (Lipinski definition) is 4. The highest BCUT2D eigenvalue weighted by Crippen LogP contribution is 2.37. The highest BCUT2D eigenvalue weighted by Gasteiger charge is 2.14. The summed E-state index contributed by atoms with van der Waals surface area (Å²) in [6.45, 7) is 1.99. The molecule has 0 atom stereocenters. The zero-order valence-electron chi connectivity index (χ0n) is 15.5. The molecule has 0 radical (unpaired) electrons. The van der Waals surface area contributed by atoms with E-state index in [0.717, 1.165) is 26.7 Å². The van der Waals surface area contributed by atoms with E-state index in [2.05, 4.69) is 15.6 Å². The van der Waals surface area contributed by atoms with Crippen LogP contribution >= 0.6 is 22.9 Å². The van der Waals surface area contributed by atoms with Crippen LogP contribution in [0.15, 0.2) is 73.1 Å². The summed E-state index contributed by atoms with van der Waals surface area (Å²) in [5.41, 5.74) is 4.28. The molecule has 2 aromatic heterocycles. The summed E-state index contributed by atoms with van der Waals surface area (Å²) in [6.07, 6.45) is 3.51. The van der Waals surface area contributed by atoms with Crippen molar-refractivity contribution in [1.29, 1.82) is 0 Å². The van der Waals surface area contributed by atoms with Crippen molar-refractivity contribution in [3.8, 4) is 21.7 Å². The van der Waals surface area contributed by atoms with Gasteiger partial charge < -0.3 is 10.6 Å². The first kappa shape index (κ1) is 19.1. The average molecular weight is 421 g/mol. The third-order valence-corrected chi connectivity index (χ3v) is 5.44. The molecule has 2 amide bonds.